The molecule has 3 aromatic rings. The van der Waals surface area contributed by atoms with Gasteiger partial charge < -0.3 is 14.2 Å². The summed E-state index contributed by atoms with van der Waals surface area (Å²) in [5.74, 6) is 0.510. The van der Waals surface area contributed by atoms with Crippen LogP contribution in [0.3, 0.4) is 0 Å². The molecular formula is C26H21Cl2NO4. The Hall–Kier alpha value is -3.28. The number of halogens is 2. The fourth-order valence-electron chi connectivity index (χ4n) is 3.31. The summed E-state index contributed by atoms with van der Waals surface area (Å²) in [6.07, 6.45) is 1.59. The molecule has 0 saturated heterocycles. The lowest BCUT2D eigenvalue weighted by Crippen LogP contribution is -2.05. The standard InChI is InChI=1S/C26H21Cl2NO4/c1-3-31-23-14-17(12-21(28)24(23)32-15-18-9-5-4-8-16(18)2)13-22-26(30)33-25(29-22)19-10-6-7-11-20(19)27/h4-14H,3,15H2,1-2H3. The van der Waals surface area contributed by atoms with E-state index in [-0.39, 0.29) is 11.6 Å². The number of ether oxygens (including phenoxy) is 3. The third-order valence-corrected chi connectivity index (χ3v) is 5.60. The minimum Gasteiger partial charge on any atom is -0.490 e. The zero-order chi connectivity index (χ0) is 23.4. The second-order valence-corrected chi connectivity index (χ2v) is 8.11. The van der Waals surface area contributed by atoms with Gasteiger partial charge >= 0.3 is 5.97 Å². The van der Waals surface area contributed by atoms with Gasteiger partial charge in [-0.3, -0.25) is 0 Å². The summed E-state index contributed by atoms with van der Waals surface area (Å²) in [7, 11) is 0. The summed E-state index contributed by atoms with van der Waals surface area (Å²) in [5.41, 5.74) is 3.49. The molecule has 0 spiro atoms. The minimum absolute atomic E-state index is 0.136. The summed E-state index contributed by atoms with van der Waals surface area (Å²) in [6.45, 7) is 4.68. The molecule has 3 aromatic carbocycles. The summed E-state index contributed by atoms with van der Waals surface area (Å²) >= 11 is 12.7. The molecule has 0 radical (unpaired) electrons. The van der Waals surface area contributed by atoms with Crippen LogP contribution in [-0.2, 0) is 16.1 Å². The molecule has 1 aliphatic heterocycles. The van der Waals surface area contributed by atoms with Gasteiger partial charge in [-0.2, -0.15) is 0 Å². The Morgan fingerprint density at radius 3 is 2.52 bits per heavy atom. The topological polar surface area (TPSA) is 57.1 Å². The molecule has 0 bridgehead atoms. The fraction of sp³-hybridized carbons (Fsp3) is 0.154. The van der Waals surface area contributed by atoms with Crippen LogP contribution >= 0.6 is 23.2 Å². The van der Waals surface area contributed by atoms with Crippen molar-refractivity contribution < 1.29 is 19.0 Å². The van der Waals surface area contributed by atoms with Gasteiger partial charge in [-0.25, -0.2) is 9.79 Å². The van der Waals surface area contributed by atoms with E-state index in [4.69, 9.17) is 37.4 Å². The largest absolute Gasteiger partial charge is 0.490 e. The lowest BCUT2D eigenvalue weighted by atomic mass is 10.1. The van der Waals surface area contributed by atoms with Gasteiger partial charge in [0.15, 0.2) is 17.2 Å². The van der Waals surface area contributed by atoms with Crippen LogP contribution in [0.1, 0.15) is 29.2 Å². The quantitative estimate of drug-likeness (QED) is 0.280. The third kappa shape index (κ3) is 5.21. The summed E-state index contributed by atoms with van der Waals surface area (Å²) in [4.78, 5) is 16.7. The Bertz CT molecular complexity index is 1270. The van der Waals surface area contributed by atoms with Gasteiger partial charge in [-0.05, 0) is 60.9 Å². The number of aryl methyl sites for hydroxylation is 1. The zero-order valence-corrected chi connectivity index (χ0v) is 19.6. The molecule has 0 aromatic heterocycles. The van der Waals surface area contributed by atoms with Crippen LogP contribution < -0.4 is 9.47 Å². The molecule has 4 rings (SSSR count). The summed E-state index contributed by atoms with van der Waals surface area (Å²) in [6, 6.07) is 18.5. The third-order valence-electron chi connectivity index (χ3n) is 4.99. The van der Waals surface area contributed by atoms with E-state index in [0.717, 1.165) is 11.1 Å². The monoisotopic (exact) mass is 481 g/mol. The van der Waals surface area contributed by atoms with Crippen LogP contribution in [0.4, 0.5) is 0 Å². The van der Waals surface area contributed by atoms with Gasteiger partial charge in [-0.1, -0.05) is 59.6 Å². The molecular weight excluding hydrogens is 461 g/mol. The normalized spacial score (nSPS) is 14.2. The van der Waals surface area contributed by atoms with Crippen molar-refractivity contribution in [1.29, 1.82) is 0 Å². The second kappa shape index (κ2) is 10.1. The molecule has 33 heavy (non-hydrogen) atoms. The van der Waals surface area contributed by atoms with Gasteiger partial charge in [0.1, 0.15) is 6.61 Å². The number of cyclic esters (lactones) is 1. The van der Waals surface area contributed by atoms with E-state index >= 15 is 0 Å². The van der Waals surface area contributed by atoms with E-state index < -0.39 is 5.97 Å². The second-order valence-electron chi connectivity index (χ2n) is 7.29. The van der Waals surface area contributed by atoms with E-state index in [1.165, 1.54) is 0 Å². The number of rotatable bonds is 7. The first-order valence-corrected chi connectivity index (χ1v) is 11.1. The van der Waals surface area contributed by atoms with Gasteiger partial charge in [0, 0.05) is 0 Å². The maximum Gasteiger partial charge on any atom is 0.363 e. The van der Waals surface area contributed by atoms with Gasteiger partial charge in [0.25, 0.3) is 0 Å². The molecule has 0 atom stereocenters. The molecule has 0 unspecified atom stereocenters. The van der Waals surface area contributed by atoms with Gasteiger partial charge in [0.05, 0.1) is 22.2 Å². The van der Waals surface area contributed by atoms with Crippen molar-refractivity contribution in [3.8, 4) is 11.5 Å². The van der Waals surface area contributed by atoms with Crippen LogP contribution in [0.15, 0.2) is 71.4 Å². The number of carbonyl (C=O) groups is 1. The molecule has 0 saturated carbocycles. The van der Waals surface area contributed by atoms with Crippen LogP contribution in [-0.4, -0.2) is 18.5 Å². The Morgan fingerprint density at radius 2 is 1.76 bits per heavy atom. The number of carbonyl (C=O) groups excluding carboxylic acids is 1. The maximum atomic E-state index is 12.4. The highest BCUT2D eigenvalue weighted by molar-refractivity contribution is 6.34. The van der Waals surface area contributed by atoms with Crippen molar-refractivity contribution in [1.82, 2.24) is 0 Å². The number of hydrogen-bond acceptors (Lipinski definition) is 5. The van der Waals surface area contributed by atoms with Crippen molar-refractivity contribution in [2.75, 3.05) is 6.61 Å². The van der Waals surface area contributed by atoms with Crippen LogP contribution in [0, 0.1) is 6.92 Å². The lowest BCUT2D eigenvalue weighted by Gasteiger charge is -2.15. The van der Waals surface area contributed by atoms with Crippen molar-refractivity contribution in [2.45, 2.75) is 20.5 Å². The van der Waals surface area contributed by atoms with E-state index in [1.54, 1.807) is 42.5 Å². The number of nitrogens with zero attached hydrogens (tertiary/aromatic N) is 1. The number of benzene rings is 3. The number of aliphatic imine (C=N–C) groups is 1. The summed E-state index contributed by atoms with van der Waals surface area (Å²) < 4.78 is 17.1. The minimum atomic E-state index is -0.570. The van der Waals surface area contributed by atoms with Crippen molar-refractivity contribution in [3.63, 3.8) is 0 Å². The Balaban J connectivity index is 1.63. The van der Waals surface area contributed by atoms with E-state index in [2.05, 4.69) is 4.99 Å². The Morgan fingerprint density at radius 1 is 1.00 bits per heavy atom. The van der Waals surface area contributed by atoms with Crippen molar-refractivity contribution >= 4 is 41.1 Å². The highest BCUT2D eigenvalue weighted by atomic mass is 35.5. The van der Waals surface area contributed by atoms with E-state index in [1.807, 2.05) is 38.1 Å². The molecule has 5 nitrogen and oxygen atoms in total. The molecule has 168 valence electrons. The fourth-order valence-corrected chi connectivity index (χ4v) is 3.80. The molecule has 1 heterocycles. The van der Waals surface area contributed by atoms with Crippen LogP contribution in [0.5, 0.6) is 11.5 Å². The molecule has 7 heteroatoms. The van der Waals surface area contributed by atoms with Crippen LogP contribution in [0.25, 0.3) is 6.08 Å². The van der Waals surface area contributed by atoms with Crippen molar-refractivity contribution in [3.05, 3.63) is 98.7 Å². The van der Waals surface area contributed by atoms with E-state index in [9.17, 15) is 4.79 Å². The zero-order valence-electron chi connectivity index (χ0n) is 18.1. The van der Waals surface area contributed by atoms with Crippen molar-refractivity contribution in [2.24, 2.45) is 4.99 Å². The first-order valence-electron chi connectivity index (χ1n) is 10.4. The maximum absolute atomic E-state index is 12.4. The summed E-state index contributed by atoms with van der Waals surface area (Å²) in [5, 5.41) is 0.810. The molecule has 0 N–H and O–H groups in total. The first-order chi connectivity index (χ1) is 16.0. The number of hydrogen-bond donors (Lipinski definition) is 0. The SMILES string of the molecule is CCOc1cc(C=C2N=C(c3ccccc3Cl)OC2=O)cc(Cl)c1OCc1ccccc1C. The predicted molar refractivity (Wildman–Crippen MR) is 130 cm³/mol. The number of esters is 1. The lowest BCUT2D eigenvalue weighted by molar-refractivity contribution is -0.129. The molecule has 0 amide bonds. The molecule has 1 aliphatic rings. The predicted octanol–water partition coefficient (Wildman–Crippen LogP) is 6.62. The first kappa shape index (κ1) is 22.9. The molecule has 0 fully saturated rings. The highest BCUT2D eigenvalue weighted by Crippen LogP contribution is 2.38. The Labute approximate surface area is 202 Å². The average molecular weight is 482 g/mol. The van der Waals surface area contributed by atoms with E-state index in [0.29, 0.717) is 45.9 Å². The van der Waals surface area contributed by atoms with Gasteiger partial charge in [-0.15, -0.1) is 0 Å². The van der Waals surface area contributed by atoms with Gasteiger partial charge in [0.2, 0.25) is 5.90 Å². The molecule has 0 aliphatic carbocycles. The Kier molecular flexibility index (Phi) is 7.02. The smallest absolute Gasteiger partial charge is 0.363 e. The van der Waals surface area contributed by atoms with Crippen LogP contribution in [0.2, 0.25) is 10.0 Å². The average Bonchev–Trinajstić information content (AvgIpc) is 3.14. The highest BCUT2D eigenvalue weighted by Gasteiger charge is 2.26.